The van der Waals surface area contributed by atoms with Crippen molar-refractivity contribution < 1.29 is 29.1 Å². The Morgan fingerprint density at radius 3 is 2.70 bits per heavy atom. The minimum absolute atomic E-state index is 0.253. The van der Waals surface area contributed by atoms with Crippen LogP contribution in [0.1, 0.15) is 43.5 Å². The molecule has 0 radical (unpaired) electrons. The molecule has 0 spiro atoms. The number of likely N-dealkylation sites (tertiary alicyclic amines) is 1. The lowest BCUT2D eigenvalue weighted by atomic mass is 10.0. The van der Waals surface area contributed by atoms with Crippen LogP contribution in [0.2, 0.25) is 0 Å². The smallest absolute Gasteiger partial charge is 0.305 e. The van der Waals surface area contributed by atoms with Gasteiger partial charge in [-0.15, -0.1) is 0 Å². The van der Waals surface area contributed by atoms with Crippen molar-refractivity contribution in [2.45, 2.75) is 51.2 Å². The summed E-state index contributed by atoms with van der Waals surface area (Å²) in [4.78, 5) is 69.3. The van der Waals surface area contributed by atoms with Crippen molar-refractivity contribution in [3.63, 3.8) is 0 Å². The first-order valence-corrected chi connectivity index (χ1v) is 10.7. The number of benzene rings is 1. The van der Waals surface area contributed by atoms with Gasteiger partial charge in [0.25, 0.3) is 5.91 Å². The maximum atomic E-state index is 13.3. The van der Waals surface area contributed by atoms with Crippen LogP contribution in [0.25, 0.3) is 11.0 Å². The lowest BCUT2D eigenvalue weighted by Gasteiger charge is -2.31. The second-order valence-corrected chi connectivity index (χ2v) is 8.37. The standard InChI is InChI=1S/C22H27N5O6/c1-12(2)19(26-20(31)13-5-6-15-16(8-13)24-11-23-15)22(33)27-7-3-4-17(27)21(32)25-14(10-28)9-18(29)30/h5-6,8,10-12,14,17,19H,3-4,7,9H2,1-2H3,(H,23,24)(H,25,32)(H,26,31)(H,29,30). The van der Waals surface area contributed by atoms with E-state index in [9.17, 15) is 24.0 Å². The number of aldehydes is 1. The van der Waals surface area contributed by atoms with Crippen molar-refractivity contribution in [2.24, 2.45) is 5.92 Å². The highest BCUT2D eigenvalue weighted by Crippen LogP contribution is 2.21. The van der Waals surface area contributed by atoms with Crippen molar-refractivity contribution in [1.29, 1.82) is 0 Å². The highest BCUT2D eigenvalue weighted by atomic mass is 16.4. The normalized spacial score (nSPS) is 17.5. The summed E-state index contributed by atoms with van der Waals surface area (Å²) in [5, 5.41) is 14.0. The Balaban J connectivity index is 1.72. The molecule has 176 valence electrons. The van der Waals surface area contributed by atoms with Crippen LogP contribution in [-0.4, -0.2) is 74.6 Å². The van der Waals surface area contributed by atoms with Crippen LogP contribution in [0.15, 0.2) is 24.5 Å². The largest absolute Gasteiger partial charge is 0.481 e. The van der Waals surface area contributed by atoms with E-state index in [1.807, 2.05) is 0 Å². The van der Waals surface area contributed by atoms with Gasteiger partial charge < -0.3 is 30.4 Å². The quantitative estimate of drug-likeness (QED) is 0.398. The maximum absolute atomic E-state index is 13.3. The molecule has 1 aliphatic rings. The number of amides is 3. The number of carbonyl (C=O) groups excluding carboxylic acids is 4. The van der Waals surface area contributed by atoms with Gasteiger partial charge >= 0.3 is 5.97 Å². The zero-order valence-corrected chi connectivity index (χ0v) is 18.4. The number of imidazole rings is 1. The minimum Gasteiger partial charge on any atom is -0.481 e. The zero-order chi connectivity index (χ0) is 24.1. The molecule has 2 aromatic rings. The molecule has 2 heterocycles. The van der Waals surface area contributed by atoms with E-state index in [1.165, 1.54) is 11.2 Å². The molecule has 3 unspecified atom stereocenters. The first-order chi connectivity index (χ1) is 15.7. The summed E-state index contributed by atoms with van der Waals surface area (Å²) in [6.45, 7) is 3.91. The average Bonchev–Trinajstić information content (AvgIpc) is 3.44. The lowest BCUT2D eigenvalue weighted by Crippen LogP contribution is -2.56. The van der Waals surface area contributed by atoms with Gasteiger partial charge in [-0.2, -0.15) is 0 Å². The average molecular weight is 457 g/mol. The summed E-state index contributed by atoms with van der Waals surface area (Å²) in [6, 6.07) is 2.08. The number of carboxylic acids is 1. The fourth-order valence-electron chi connectivity index (χ4n) is 3.90. The van der Waals surface area contributed by atoms with Gasteiger partial charge in [0, 0.05) is 12.1 Å². The zero-order valence-electron chi connectivity index (χ0n) is 18.4. The molecule has 1 aromatic carbocycles. The van der Waals surface area contributed by atoms with Gasteiger partial charge in [0.2, 0.25) is 11.8 Å². The van der Waals surface area contributed by atoms with Crippen LogP contribution >= 0.6 is 0 Å². The summed E-state index contributed by atoms with van der Waals surface area (Å²) in [6.07, 6.45) is 2.30. The number of carbonyl (C=O) groups is 5. The number of carboxylic acid groups (broad SMARTS) is 1. The summed E-state index contributed by atoms with van der Waals surface area (Å²) < 4.78 is 0. The molecule has 11 heteroatoms. The molecule has 3 rings (SSSR count). The predicted molar refractivity (Wildman–Crippen MR) is 117 cm³/mol. The SMILES string of the molecule is CC(C)C(NC(=O)c1ccc2nc[nH]c2c1)C(=O)N1CCCC1C(=O)NC(C=O)CC(=O)O. The Bertz CT molecular complexity index is 1060. The Morgan fingerprint density at radius 2 is 2.03 bits per heavy atom. The van der Waals surface area contributed by atoms with Crippen molar-refractivity contribution in [3.8, 4) is 0 Å². The highest BCUT2D eigenvalue weighted by Gasteiger charge is 2.39. The second-order valence-electron chi connectivity index (χ2n) is 8.37. The van der Waals surface area contributed by atoms with Crippen LogP contribution in [0.4, 0.5) is 0 Å². The van der Waals surface area contributed by atoms with E-state index in [4.69, 9.17) is 5.11 Å². The van der Waals surface area contributed by atoms with Crippen LogP contribution < -0.4 is 10.6 Å². The Hall–Kier alpha value is -3.76. The van der Waals surface area contributed by atoms with E-state index in [2.05, 4.69) is 20.6 Å². The number of hydrogen-bond donors (Lipinski definition) is 4. The third-order valence-corrected chi connectivity index (χ3v) is 5.63. The molecule has 33 heavy (non-hydrogen) atoms. The number of nitrogens with one attached hydrogen (secondary N) is 3. The topological polar surface area (TPSA) is 162 Å². The maximum Gasteiger partial charge on any atom is 0.305 e. The summed E-state index contributed by atoms with van der Waals surface area (Å²) in [7, 11) is 0. The molecule has 1 fully saturated rings. The Morgan fingerprint density at radius 1 is 1.27 bits per heavy atom. The number of aromatic amines is 1. The first kappa shape index (κ1) is 23.9. The minimum atomic E-state index is -1.22. The number of H-pyrrole nitrogens is 1. The second kappa shape index (κ2) is 10.2. The van der Waals surface area contributed by atoms with Crippen molar-refractivity contribution in [1.82, 2.24) is 25.5 Å². The van der Waals surface area contributed by atoms with Gasteiger partial charge in [0.15, 0.2) is 0 Å². The van der Waals surface area contributed by atoms with Crippen LogP contribution in [0.3, 0.4) is 0 Å². The van der Waals surface area contributed by atoms with Gasteiger partial charge in [0.05, 0.1) is 29.8 Å². The fourth-order valence-corrected chi connectivity index (χ4v) is 3.90. The van der Waals surface area contributed by atoms with Crippen molar-refractivity contribution in [3.05, 3.63) is 30.1 Å². The molecule has 11 nitrogen and oxygen atoms in total. The van der Waals surface area contributed by atoms with E-state index < -0.39 is 48.2 Å². The van der Waals surface area contributed by atoms with Gasteiger partial charge in [-0.05, 0) is 37.0 Å². The van der Waals surface area contributed by atoms with Gasteiger partial charge in [0.1, 0.15) is 18.4 Å². The van der Waals surface area contributed by atoms with Crippen LogP contribution in [0, 0.1) is 5.92 Å². The number of fused-ring (bicyclic) bond motifs is 1. The van der Waals surface area contributed by atoms with E-state index >= 15 is 0 Å². The number of nitrogens with zero attached hydrogens (tertiary/aromatic N) is 2. The van der Waals surface area contributed by atoms with Gasteiger partial charge in [-0.3, -0.25) is 19.2 Å². The molecule has 3 amide bonds. The molecular formula is C22H27N5O6. The third-order valence-electron chi connectivity index (χ3n) is 5.63. The molecule has 4 N–H and O–H groups in total. The molecule has 0 bridgehead atoms. The Kier molecular flexibility index (Phi) is 7.41. The summed E-state index contributed by atoms with van der Waals surface area (Å²) >= 11 is 0. The van der Waals surface area contributed by atoms with Gasteiger partial charge in [-0.25, -0.2) is 4.98 Å². The van der Waals surface area contributed by atoms with Crippen molar-refractivity contribution >= 4 is 41.0 Å². The molecule has 1 aliphatic heterocycles. The van der Waals surface area contributed by atoms with Gasteiger partial charge in [-0.1, -0.05) is 13.8 Å². The van der Waals surface area contributed by atoms with Crippen LogP contribution in [-0.2, 0) is 19.2 Å². The van der Waals surface area contributed by atoms with Crippen LogP contribution in [0.5, 0.6) is 0 Å². The van der Waals surface area contributed by atoms with E-state index in [0.29, 0.717) is 42.3 Å². The number of aliphatic carboxylic acids is 1. The number of aromatic nitrogens is 2. The molecule has 3 atom stereocenters. The number of rotatable bonds is 9. The molecule has 0 saturated carbocycles. The number of hydrogen-bond acceptors (Lipinski definition) is 6. The third kappa shape index (κ3) is 5.54. The highest BCUT2D eigenvalue weighted by molar-refractivity contribution is 6.00. The van der Waals surface area contributed by atoms with E-state index in [0.717, 1.165) is 0 Å². The molecule has 1 saturated heterocycles. The van der Waals surface area contributed by atoms with E-state index in [-0.39, 0.29) is 5.92 Å². The van der Waals surface area contributed by atoms with E-state index in [1.54, 1.807) is 32.0 Å². The van der Waals surface area contributed by atoms with Crippen molar-refractivity contribution in [2.75, 3.05) is 6.54 Å². The fraction of sp³-hybridized carbons (Fsp3) is 0.455. The molecular weight excluding hydrogens is 430 g/mol. The molecule has 1 aromatic heterocycles. The first-order valence-electron chi connectivity index (χ1n) is 10.7. The lowest BCUT2D eigenvalue weighted by molar-refractivity contribution is -0.142. The Labute approximate surface area is 189 Å². The summed E-state index contributed by atoms with van der Waals surface area (Å²) in [5.41, 5.74) is 1.77. The predicted octanol–water partition coefficient (Wildman–Crippen LogP) is 0.467. The monoisotopic (exact) mass is 457 g/mol. The summed E-state index contributed by atoms with van der Waals surface area (Å²) in [5.74, 6) is -2.89. The molecule has 0 aliphatic carbocycles.